The Morgan fingerprint density at radius 2 is 1.46 bits per heavy atom. The molecule has 1 aliphatic heterocycles. The third kappa shape index (κ3) is 3.24. The molecule has 0 bridgehead atoms. The van der Waals surface area contributed by atoms with Crippen LogP contribution in [0.3, 0.4) is 0 Å². The minimum atomic E-state index is 0.586. The van der Waals surface area contributed by atoms with Crippen LogP contribution in [0.5, 0.6) is 0 Å². The maximum absolute atomic E-state index is 5.04. The lowest BCUT2D eigenvalue weighted by Crippen LogP contribution is -2.18. The zero-order chi connectivity index (χ0) is 16.4. The van der Waals surface area contributed by atoms with Crippen molar-refractivity contribution in [1.29, 1.82) is 0 Å². The molecular weight excluding hydrogens is 298 g/mol. The van der Waals surface area contributed by atoms with Crippen molar-refractivity contribution < 1.29 is 4.52 Å². The third-order valence-electron chi connectivity index (χ3n) is 4.56. The lowest BCUT2D eigenvalue weighted by Gasteiger charge is -2.14. The molecule has 1 aromatic heterocycles. The van der Waals surface area contributed by atoms with Crippen LogP contribution in [0.1, 0.15) is 24.3 Å². The minimum Gasteiger partial charge on any atom is -0.339 e. The van der Waals surface area contributed by atoms with Crippen LogP contribution in [-0.2, 0) is 6.54 Å². The topological polar surface area (TPSA) is 42.2 Å². The number of benzene rings is 2. The average molecular weight is 319 g/mol. The van der Waals surface area contributed by atoms with E-state index >= 15 is 0 Å². The van der Waals surface area contributed by atoms with Crippen LogP contribution in [0.25, 0.3) is 22.5 Å². The number of hydrogen-bond acceptors (Lipinski definition) is 4. The highest BCUT2D eigenvalue weighted by Gasteiger charge is 2.11. The Morgan fingerprint density at radius 1 is 0.875 bits per heavy atom. The van der Waals surface area contributed by atoms with E-state index in [1.165, 1.54) is 42.6 Å². The van der Waals surface area contributed by atoms with Crippen molar-refractivity contribution in [1.82, 2.24) is 15.0 Å². The van der Waals surface area contributed by atoms with Crippen molar-refractivity contribution in [3.05, 3.63) is 60.0 Å². The van der Waals surface area contributed by atoms with Crippen molar-refractivity contribution in [2.24, 2.45) is 0 Å². The van der Waals surface area contributed by atoms with E-state index in [1.54, 1.807) is 6.92 Å². The van der Waals surface area contributed by atoms with E-state index in [1.807, 2.05) is 12.1 Å². The Morgan fingerprint density at radius 3 is 2.04 bits per heavy atom. The molecule has 1 fully saturated rings. The van der Waals surface area contributed by atoms with Gasteiger partial charge < -0.3 is 4.52 Å². The SMILES string of the molecule is Cc1nc(-c2ccc(-c3ccc(CN4CCCC4)cc3)cc2)no1. The first-order valence-corrected chi connectivity index (χ1v) is 8.50. The molecule has 0 radical (unpaired) electrons. The maximum atomic E-state index is 5.04. The molecule has 2 heterocycles. The van der Waals surface area contributed by atoms with Gasteiger partial charge in [0.05, 0.1) is 0 Å². The lowest BCUT2D eigenvalue weighted by atomic mass is 10.0. The third-order valence-corrected chi connectivity index (χ3v) is 4.56. The summed E-state index contributed by atoms with van der Waals surface area (Å²) in [4.78, 5) is 6.79. The quantitative estimate of drug-likeness (QED) is 0.719. The van der Waals surface area contributed by atoms with Gasteiger partial charge >= 0.3 is 0 Å². The predicted molar refractivity (Wildman–Crippen MR) is 94.4 cm³/mol. The lowest BCUT2D eigenvalue weighted by molar-refractivity contribution is 0.331. The molecule has 0 aliphatic carbocycles. The van der Waals surface area contributed by atoms with Crippen LogP contribution < -0.4 is 0 Å². The number of aryl methyl sites for hydroxylation is 1. The molecule has 0 N–H and O–H groups in total. The van der Waals surface area contributed by atoms with Gasteiger partial charge in [-0.25, -0.2) is 0 Å². The summed E-state index contributed by atoms with van der Waals surface area (Å²) in [7, 11) is 0. The van der Waals surface area contributed by atoms with Crippen molar-refractivity contribution in [3.8, 4) is 22.5 Å². The Balaban J connectivity index is 1.49. The molecule has 0 saturated carbocycles. The first kappa shape index (κ1) is 15.1. The van der Waals surface area contributed by atoms with Gasteiger partial charge in [0, 0.05) is 19.0 Å². The zero-order valence-corrected chi connectivity index (χ0v) is 13.9. The molecule has 0 spiro atoms. The second kappa shape index (κ2) is 6.57. The minimum absolute atomic E-state index is 0.586. The van der Waals surface area contributed by atoms with Crippen LogP contribution in [0.2, 0.25) is 0 Å². The van der Waals surface area contributed by atoms with Gasteiger partial charge in [-0.3, -0.25) is 4.90 Å². The fourth-order valence-corrected chi connectivity index (χ4v) is 3.23. The van der Waals surface area contributed by atoms with Crippen LogP contribution in [0.15, 0.2) is 53.1 Å². The van der Waals surface area contributed by atoms with Gasteiger partial charge in [-0.2, -0.15) is 4.98 Å². The summed E-state index contributed by atoms with van der Waals surface area (Å²) in [5, 5.41) is 3.96. The summed E-state index contributed by atoms with van der Waals surface area (Å²) in [5.74, 6) is 1.22. The molecule has 2 aromatic carbocycles. The van der Waals surface area contributed by atoms with E-state index in [0.717, 1.165) is 12.1 Å². The van der Waals surface area contributed by atoms with Crippen LogP contribution >= 0.6 is 0 Å². The fourth-order valence-electron chi connectivity index (χ4n) is 3.23. The standard InChI is InChI=1S/C20H21N3O/c1-15-21-20(22-24-15)19-10-8-18(9-11-19)17-6-4-16(5-7-17)14-23-12-2-3-13-23/h4-11H,2-3,12-14H2,1H3. The maximum Gasteiger partial charge on any atom is 0.223 e. The molecule has 4 heteroatoms. The Bertz CT molecular complexity index is 800. The smallest absolute Gasteiger partial charge is 0.223 e. The van der Waals surface area contributed by atoms with Crippen molar-refractivity contribution in [3.63, 3.8) is 0 Å². The summed E-state index contributed by atoms with van der Waals surface area (Å²) < 4.78 is 5.04. The molecule has 0 unspecified atom stereocenters. The largest absolute Gasteiger partial charge is 0.339 e. The number of rotatable bonds is 4. The molecule has 3 aromatic rings. The van der Waals surface area contributed by atoms with Crippen LogP contribution in [0, 0.1) is 6.92 Å². The molecule has 4 rings (SSSR count). The van der Waals surface area contributed by atoms with Crippen LogP contribution in [0.4, 0.5) is 0 Å². The van der Waals surface area contributed by atoms with Gasteiger partial charge in [0.15, 0.2) is 0 Å². The van der Waals surface area contributed by atoms with E-state index in [9.17, 15) is 0 Å². The average Bonchev–Trinajstić information content (AvgIpc) is 3.28. The molecule has 122 valence electrons. The Labute approximate surface area is 142 Å². The molecule has 0 atom stereocenters. The summed E-state index contributed by atoms with van der Waals surface area (Å²) in [6, 6.07) is 17.2. The molecule has 4 nitrogen and oxygen atoms in total. The van der Waals surface area contributed by atoms with Crippen molar-refractivity contribution in [2.75, 3.05) is 13.1 Å². The predicted octanol–water partition coefficient (Wildman–Crippen LogP) is 4.31. The number of nitrogens with zero attached hydrogens (tertiary/aromatic N) is 3. The molecule has 1 saturated heterocycles. The molecule has 1 aliphatic rings. The van der Waals surface area contributed by atoms with E-state index in [2.05, 4.69) is 51.4 Å². The Hall–Kier alpha value is -2.46. The fraction of sp³-hybridized carbons (Fsp3) is 0.300. The zero-order valence-electron chi connectivity index (χ0n) is 13.9. The van der Waals surface area contributed by atoms with E-state index in [-0.39, 0.29) is 0 Å². The number of likely N-dealkylation sites (tertiary alicyclic amines) is 1. The molecule has 0 amide bonds. The van der Waals surface area contributed by atoms with E-state index in [0.29, 0.717) is 11.7 Å². The summed E-state index contributed by atoms with van der Waals surface area (Å²) in [5.41, 5.74) is 4.79. The summed E-state index contributed by atoms with van der Waals surface area (Å²) in [6.07, 6.45) is 2.68. The highest BCUT2D eigenvalue weighted by atomic mass is 16.5. The second-order valence-electron chi connectivity index (χ2n) is 6.39. The van der Waals surface area contributed by atoms with E-state index < -0.39 is 0 Å². The normalized spacial score (nSPS) is 15.0. The van der Waals surface area contributed by atoms with Gasteiger partial charge in [0.2, 0.25) is 11.7 Å². The van der Waals surface area contributed by atoms with Crippen LogP contribution in [-0.4, -0.2) is 28.1 Å². The monoisotopic (exact) mass is 319 g/mol. The summed E-state index contributed by atoms with van der Waals surface area (Å²) in [6.45, 7) is 5.34. The van der Waals surface area contributed by atoms with Gasteiger partial charge in [0.25, 0.3) is 0 Å². The van der Waals surface area contributed by atoms with Gasteiger partial charge in [0.1, 0.15) is 0 Å². The van der Waals surface area contributed by atoms with Gasteiger partial charge in [-0.05, 0) is 42.6 Å². The van der Waals surface area contributed by atoms with Crippen molar-refractivity contribution >= 4 is 0 Å². The highest BCUT2D eigenvalue weighted by molar-refractivity contribution is 5.67. The molecular formula is C20H21N3O. The Kier molecular flexibility index (Phi) is 4.13. The highest BCUT2D eigenvalue weighted by Crippen LogP contribution is 2.24. The number of hydrogen-bond donors (Lipinski definition) is 0. The van der Waals surface area contributed by atoms with Crippen molar-refractivity contribution in [2.45, 2.75) is 26.3 Å². The first-order chi connectivity index (χ1) is 11.8. The summed E-state index contributed by atoms with van der Waals surface area (Å²) >= 11 is 0. The van der Waals surface area contributed by atoms with E-state index in [4.69, 9.17) is 4.52 Å². The first-order valence-electron chi connectivity index (χ1n) is 8.50. The number of aromatic nitrogens is 2. The van der Waals surface area contributed by atoms with Gasteiger partial charge in [-0.1, -0.05) is 53.7 Å². The molecule has 24 heavy (non-hydrogen) atoms. The van der Waals surface area contributed by atoms with Gasteiger partial charge in [-0.15, -0.1) is 0 Å². The second-order valence-corrected chi connectivity index (χ2v) is 6.39.